The monoisotopic (exact) mass is 341 g/mol. The average Bonchev–Trinajstić information content (AvgIpc) is 2.67. The van der Waals surface area contributed by atoms with Crippen molar-refractivity contribution in [3.8, 4) is 0 Å². The fourth-order valence-corrected chi connectivity index (χ4v) is 2.58. The van der Waals surface area contributed by atoms with E-state index in [2.05, 4.69) is 25.0 Å². The topological polar surface area (TPSA) is 101 Å². The number of aryl methyl sites for hydroxylation is 1. The summed E-state index contributed by atoms with van der Waals surface area (Å²) in [5, 5.41) is 7.22. The molecule has 0 radical (unpaired) electrons. The fraction of sp³-hybridized carbons (Fsp3) is 0.0526. The Hall–Kier alpha value is -3.92. The second-order valence-corrected chi connectivity index (χ2v) is 5.58. The second-order valence-electron chi connectivity index (χ2n) is 5.58. The minimum absolute atomic E-state index is 0.554. The molecule has 0 bridgehead atoms. The fourth-order valence-electron chi connectivity index (χ4n) is 2.58. The molecule has 0 amide bonds. The quantitative estimate of drug-likeness (QED) is 0.270. The van der Waals surface area contributed by atoms with Crippen LogP contribution in [0.1, 0.15) is 5.56 Å². The highest BCUT2D eigenvalue weighted by Gasteiger charge is 2.12. The lowest BCUT2D eigenvalue weighted by Crippen LogP contribution is -2.09. The molecule has 3 aromatic rings. The largest absolute Gasteiger partial charge is 0.311 e. The normalized spacial score (nSPS) is 9.73. The smallest absolute Gasteiger partial charge is 0.0461 e. The number of azide groups is 2. The number of hydrogen-bond donors (Lipinski definition) is 0. The summed E-state index contributed by atoms with van der Waals surface area (Å²) < 4.78 is 0. The van der Waals surface area contributed by atoms with E-state index in [4.69, 9.17) is 11.1 Å². The van der Waals surface area contributed by atoms with Crippen molar-refractivity contribution in [2.75, 3.05) is 4.90 Å². The first-order chi connectivity index (χ1) is 12.7. The van der Waals surface area contributed by atoms with Gasteiger partial charge in [0.2, 0.25) is 0 Å². The van der Waals surface area contributed by atoms with E-state index in [9.17, 15) is 0 Å². The van der Waals surface area contributed by atoms with Crippen molar-refractivity contribution in [3.05, 3.63) is 99.2 Å². The van der Waals surface area contributed by atoms with E-state index >= 15 is 0 Å². The summed E-state index contributed by atoms with van der Waals surface area (Å²) in [7, 11) is 0. The lowest BCUT2D eigenvalue weighted by atomic mass is 10.1. The van der Waals surface area contributed by atoms with Crippen LogP contribution in [0, 0.1) is 6.92 Å². The highest BCUT2D eigenvalue weighted by atomic mass is 15.2. The molecule has 0 aromatic heterocycles. The number of nitrogens with zero attached hydrogens (tertiary/aromatic N) is 7. The average molecular weight is 341 g/mol. The van der Waals surface area contributed by atoms with Crippen LogP contribution in [0.5, 0.6) is 0 Å². The number of anilines is 3. The molecule has 26 heavy (non-hydrogen) atoms. The van der Waals surface area contributed by atoms with Gasteiger partial charge in [-0.15, -0.1) is 0 Å². The van der Waals surface area contributed by atoms with E-state index in [1.807, 2.05) is 55.5 Å². The van der Waals surface area contributed by atoms with Gasteiger partial charge in [-0.2, -0.15) is 0 Å². The first-order valence-corrected chi connectivity index (χ1v) is 7.88. The van der Waals surface area contributed by atoms with Gasteiger partial charge in [-0.25, -0.2) is 0 Å². The molecule has 3 rings (SSSR count). The van der Waals surface area contributed by atoms with E-state index in [0.29, 0.717) is 11.4 Å². The molecule has 3 aromatic carbocycles. The lowest BCUT2D eigenvalue weighted by Gasteiger charge is -2.25. The molecule has 0 unspecified atom stereocenters. The van der Waals surface area contributed by atoms with E-state index in [-0.39, 0.29) is 0 Å². The van der Waals surface area contributed by atoms with Crippen LogP contribution in [0.25, 0.3) is 20.9 Å². The third-order valence-corrected chi connectivity index (χ3v) is 3.83. The Morgan fingerprint density at radius 1 is 0.615 bits per heavy atom. The Kier molecular flexibility index (Phi) is 5.05. The van der Waals surface area contributed by atoms with Crippen molar-refractivity contribution in [2.45, 2.75) is 6.92 Å². The van der Waals surface area contributed by atoms with Gasteiger partial charge >= 0.3 is 0 Å². The maximum atomic E-state index is 8.56. The highest BCUT2D eigenvalue weighted by Crippen LogP contribution is 2.36. The summed E-state index contributed by atoms with van der Waals surface area (Å²) in [6.07, 6.45) is 0. The Balaban J connectivity index is 2.07. The van der Waals surface area contributed by atoms with E-state index in [1.54, 1.807) is 24.3 Å². The van der Waals surface area contributed by atoms with Crippen LogP contribution in [-0.4, -0.2) is 0 Å². The van der Waals surface area contributed by atoms with E-state index in [1.165, 1.54) is 5.56 Å². The van der Waals surface area contributed by atoms with Crippen LogP contribution in [0.15, 0.2) is 83.0 Å². The Morgan fingerprint density at radius 3 is 1.31 bits per heavy atom. The first kappa shape index (κ1) is 16.9. The van der Waals surface area contributed by atoms with Crippen LogP contribution in [0.3, 0.4) is 0 Å². The number of hydrogen-bond acceptors (Lipinski definition) is 3. The van der Waals surface area contributed by atoms with Crippen LogP contribution < -0.4 is 4.90 Å². The third kappa shape index (κ3) is 3.76. The van der Waals surface area contributed by atoms with Crippen LogP contribution in [-0.2, 0) is 0 Å². The van der Waals surface area contributed by atoms with Gasteiger partial charge in [0.15, 0.2) is 0 Å². The van der Waals surface area contributed by atoms with Crippen molar-refractivity contribution >= 4 is 28.4 Å². The Morgan fingerprint density at radius 2 is 0.962 bits per heavy atom. The molecule has 126 valence electrons. The molecule has 0 heterocycles. The molecule has 0 aliphatic rings. The zero-order chi connectivity index (χ0) is 18.4. The predicted octanol–water partition coefficient (Wildman–Crippen LogP) is 7.35. The molecule has 7 heteroatoms. The molecule has 0 fully saturated rings. The van der Waals surface area contributed by atoms with Gasteiger partial charge in [-0.3, -0.25) is 0 Å². The molecular formula is C19H15N7. The highest BCUT2D eigenvalue weighted by molar-refractivity contribution is 5.77. The van der Waals surface area contributed by atoms with Crippen molar-refractivity contribution in [1.82, 2.24) is 0 Å². The Labute approximate surface area is 150 Å². The first-order valence-electron chi connectivity index (χ1n) is 7.88. The maximum absolute atomic E-state index is 8.56. The van der Waals surface area contributed by atoms with Gasteiger partial charge in [0.25, 0.3) is 0 Å². The van der Waals surface area contributed by atoms with Gasteiger partial charge in [0.05, 0.1) is 0 Å². The maximum Gasteiger partial charge on any atom is 0.0461 e. The molecule has 0 saturated carbocycles. The summed E-state index contributed by atoms with van der Waals surface area (Å²) in [6, 6.07) is 22.8. The van der Waals surface area contributed by atoms with Gasteiger partial charge < -0.3 is 4.90 Å². The molecule has 7 nitrogen and oxygen atoms in total. The van der Waals surface area contributed by atoms with Crippen molar-refractivity contribution in [1.29, 1.82) is 0 Å². The SMILES string of the molecule is Cc1ccc(N(c2ccc(N=[N+]=[N-])cc2)c2ccc(N=[N+]=[N-])cc2)cc1. The van der Waals surface area contributed by atoms with Crippen LogP contribution >= 0.6 is 0 Å². The zero-order valence-corrected chi connectivity index (χ0v) is 14.1. The van der Waals surface area contributed by atoms with Gasteiger partial charge in [0, 0.05) is 38.3 Å². The molecule has 0 aliphatic carbocycles. The second kappa shape index (κ2) is 7.77. The van der Waals surface area contributed by atoms with Crippen molar-refractivity contribution < 1.29 is 0 Å². The standard InChI is InChI=1S/C19H15N7/c1-14-2-8-17(9-3-14)26(18-10-4-15(5-11-18)22-24-20)19-12-6-16(7-13-19)23-25-21/h2-13H,1H3. The van der Waals surface area contributed by atoms with E-state index < -0.39 is 0 Å². The third-order valence-electron chi connectivity index (χ3n) is 3.83. The van der Waals surface area contributed by atoms with Crippen LogP contribution in [0.4, 0.5) is 28.4 Å². The summed E-state index contributed by atoms with van der Waals surface area (Å²) in [5.74, 6) is 0. The minimum Gasteiger partial charge on any atom is -0.311 e. The minimum atomic E-state index is 0.554. The van der Waals surface area contributed by atoms with Crippen molar-refractivity contribution in [3.63, 3.8) is 0 Å². The van der Waals surface area contributed by atoms with Crippen molar-refractivity contribution in [2.24, 2.45) is 10.2 Å². The molecule has 0 N–H and O–H groups in total. The summed E-state index contributed by atoms with van der Waals surface area (Å²) in [6.45, 7) is 2.04. The summed E-state index contributed by atoms with van der Waals surface area (Å²) in [4.78, 5) is 7.68. The predicted molar refractivity (Wildman–Crippen MR) is 103 cm³/mol. The molecule has 0 aliphatic heterocycles. The van der Waals surface area contributed by atoms with Gasteiger partial charge in [-0.05, 0) is 54.4 Å². The van der Waals surface area contributed by atoms with Crippen LogP contribution in [0.2, 0.25) is 0 Å². The molecular weight excluding hydrogens is 326 g/mol. The molecule has 0 saturated heterocycles. The number of rotatable bonds is 5. The molecule has 0 atom stereocenters. The van der Waals surface area contributed by atoms with E-state index in [0.717, 1.165) is 17.1 Å². The number of benzene rings is 3. The zero-order valence-electron chi connectivity index (χ0n) is 14.1. The van der Waals surface area contributed by atoms with Gasteiger partial charge in [-0.1, -0.05) is 52.2 Å². The molecule has 0 spiro atoms. The summed E-state index contributed by atoms with van der Waals surface area (Å²) >= 11 is 0. The van der Waals surface area contributed by atoms with Gasteiger partial charge in [0.1, 0.15) is 0 Å². The summed E-state index contributed by atoms with van der Waals surface area (Å²) in [5.41, 5.74) is 22.2. The lowest BCUT2D eigenvalue weighted by molar-refractivity contribution is 1.27. The Bertz CT molecular complexity index is 918.